The minimum atomic E-state index is 0.551. The molecule has 0 bridgehead atoms. The summed E-state index contributed by atoms with van der Waals surface area (Å²) >= 11 is 0. The van der Waals surface area contributed by atoms with Crippen LogP contribution in [-0.2, 0) is 0 Å². The Morgan fingerprint density at radius 1 is 1.56 bits per heavy atom. The van der Waals surface area contributed by atoms with Crippen molar-refractivity contribution in [3.8, 4) is 0 Å². The Labute approximate surface area is 54.7 Å². The summed E-state index contributed by atoms with van der Waals surface area (Å²) < 4.78 is 0. The highest BCUT2D eigenvalue weighted by atomic mass is 14.9. The first-order valence-corrected chi connectivity index (χ1v) is 3.24. The van der Waals surface area contributed by atoms with Crippen molar-refractivity contribution < 1.29 is 0 Å². The van der Waals surface area contributed by atoms with E-state index in [4.69, 9.17) is 0 Å². The molecule has 0 aromatic carbocycles. The summed E-state index contributed by atoms with van der Waals surface area (Å²) in [6.07, 6.45) is 7.19. The molecule has 2 unspecified atom stereocenters. The van der Waals surface area contributed by atoms with E-state index in [1.807, 2.05) is 19.0 Å². The van der Waals surface area contributed by atoms with Crippen LogP contribution >= 0.6 is 0 Å². The maximum Gasteiger partial charge on any atom is 0.0808 e. The number of hydrogen-bond donors (Lipinski definition) is 1. The van der Waals surface area contributed by atoms with Gasteiger partial charge in [-0.25, -0.2) is 0 Å². The normalized spacial score (nSPS) is 38.2. The van der Waals surface area contributed by atoms with Gasteiger partial charge in [-0.1, -0.05) is 6.08 Å². The van der Waals surface area contributed by atoms with Crippen LogP contribution in [0.4, 0.5) is 0 Å². The molecular formula is C7H9N2. The fraction of sp³-hybridized carbons (Fsp3) is 0.429. The lowest BCUT2D eigenvalue weighted by Gasteiger charge is -2.18. The molecule has 2 rings (SSSR count). The van der Waals surface area contributed by atoms with Crippen molar-refractivity contribution in [1.82, 2.24) is 5.32 Å². The van der Waals surface area contributed by atoms with Crippen LogP contribution in [0, 0.1) is 12.5 Å². The van der Waals surface area contributed by atoms with Crippen LogP contribution in [0.1, 0.15) is 6.42 Å². The molecule has 0 fully saturated rings. The Kier molecular flexibility index (Phi) is 1.04. The van der Waals surface area contributed by atoms with Gasteiger partial charge in [-0.2, -0.15) is 0 Å². The molecule has 2 heteroatoms. The topological polar surface area (TPSA) is 24.4 Å². The van der Waals surface area contributed by atoms with E-state index in [2.05, 4.69) is 16.4 Å². The first-order valence-electron chi connectivity index (χ1n) is 3.24. The molecule has 2 atom stereocenters. The van der Waals surface area contributed by atoms with Crippen molar-refractivity contribution in [3.63, 3.8) is 0 Å². The molecule has 1 N–H and O–H groups in total. The van der Waals surface area contributed by atoms with E-state index in [-0.39, 0.29) is 0 Å². The zero-order valence-electron chi connectivity index (χ0n) is 5.12. The van der Waals surface area contributed by atoms with Crippen LogP contribution < -0.4 is 5.32 Å². The second kappa shape index (κ2) is 1.87. The molecule has 0 spiro atoms. The summed E-state index contributed by atoms with van der Waals surface area (Å²) in [5.74, 6) is 0.551. The van der Waals surface area contributed by atoms with Crippen LogP contribution in [0.25, 0.3) is 0 Å². The highest BCUT2D eigenvalue weighted by Crippen LogP contribution is 2.20. The molecule has 0 saturated heterocycles. The second-order valence-corrected chi connectivity index (χ2v) is 2.43. The van der Waals surface area contributed by atoms with Crippen molar-refractivity contribution in [3.05, 3.63) is 18.8 Å². The highest BCUT2D eigenvalue weighted by Gasteiger charge is 2.23. The van der Waals surface area contributed by atoms with Gasteiger partial charge in [-0.05, 0) is 6.20 Å². The van der Waals surface area contributed by atoms with Gasteiger partial charge < -0.3 is 5.32 Å². The summed E-state index contributed by atoms with van der Waals surface area (Å²) in [6.45, 7) is 1.99. The lowest BCUT2D eigenvalue weighted by molar-refractivity contribution is 0.529. The molecule has 2 aliphatic rings. The minimum Gasteiger partial charge on any atom is -0.387 e. The fourth-order valence-corrected chi connectivity index (χ4v) is 1.25. The molecule has 2 aliphatic heterocycles. The fourth-order valence-electron chi connectivity index (χ4n) is 1.25. The largest absolute Gasteiger partial charge is 0.387 e. The number of aliphatic imine (C=N–C) groups is 1. The molecule has 9 heavy (non-hydrogen) atoms. The molecule has 0 aromatic heterocycles. The van der Waals surface area contributed by atoms with Crippen molar-refractivity contribution in [2.24, 2.45) is 10.9 Å². The number of nitrogens with zero attached hydrogens (tertiary/aromatic N) is 1. The average molecular weight is 121 g/mol. The highest BCUT2D eigenvalue weighted by molar-refractivity contribution is 5.60. The SMILES string of the molecule is [CH]1N=CCC2NC=CC12. The molecule has 0 amide bonds. The van der Waals surface area contributed by atoms with E-state index >= 15 is 0 Å². The summed E-state index contributed by atoms with van der Waals surface area (Å²) in [4.78, 5) is 4.08. The first kappa shape index (κ1) is 5.03. The molecule has 47 valence electrons. The molecule has 1 radical (unpaired) electrons. The maximum absolute atomic E-state index is 4.08. The monoisotopic (exact) mass is 121 g/mol. The van der Waals surface area contributed by atoms with E-state index in [0.717, 1.165) is 6.42 Å². The van der Waals surface area contributed by atoms with E-state index in [1.165, 1.54) is 0 Å². The van der Waals surface area contributed by atoms with Gasteiger partial charge >= 0.3 is 0 Å². The molecule has 0 aromatic rings. The van der Waals surface area contributed by atoms with E-state index < -0.39 is 0 Å². The molecule has 2 heterocycles. The Morgan fingerprint density at radius 3 is 3.44 bits per heavy atom. The van der Waals surface area contributed by atoms with Crippen molar-refractivity contribution in [2.45, 2.75) is 12.5 Å². The quantitative estimate of drug-likeness (QED) is 0.502. The van der Waals surface area contributed by atoms with Crippen molar-refractivity contribution in [2.75, 3.05) is 0 Å². The maximum atomic E-state index is 4.08. The number of hydrogen-bond acceptors (Lipinski definition) is 2. The zero-order valence-corrected chi connectivity index (χ0v) is 5.12. The Balaban J connectivity index is 2.13. The summed E-state index contributed by atoms with van der Waals surface area (Å²) in [6, 6.07) is 0.600. The van der Waals surface area contributed by atoms with E-state index in [9.17, 15) is 0 Å². The second-order valence-electron chi connectivity index (χ2n) is 2.43. The van der Waals surface area contributed by atoms with Crippen molar-refractivity contribution >= 4 is 6.21 Å². The van der Waals surface area contributed by atoms with Crippen molar-refractivity contribution in [1.29, 1.82) is 0 Å². The van der Waals surface area contributed by atoms with E-state index in [1.54, 1.807) is 0 Å². The van der Waals surface area contributed by atoms with Gasteiger partial charge in [0, 0.05) is 24.6 Å². The standard InChI is InChI=1S/C7H9N2/c1-4-9-7-2-3-8-5-6(1)7/h1,3-7,9H,2H2. The molecular weight excluding hydrogens is 112 g/mol. The number of nitrogens with one attached hydrogen (secondary N) is 1. The van der Waals surface area contributed by atoms with Gasteiger partial charge in [0.2, 0.25) is 0 Å². The van der Waals surface area contributed by atoms with Gasteiger partial charge in [0.1, 0.15) is 0 Å². The van der Waals surface area contributed by atoms with Gasteiger partial charge in [0.25, 0.3) is 0 Å². The number of rotatable bonds is 0. The lowest BCUT2D eigenvalue weighted by Crippen LogP contribution is -2.29. The zero-order chi connectivity index (χ0) is 6.10. The minimum absolute atomic E-state index is 0.551. The first-order chi connectivity index (χ1) is 4.47. The summed E-state index contributed by atoms with van der Waals surface area (Å²) in [7, 11) is 0. The third kappa shape index (κ3) is 0.745. The van der Waals surface area contributed by atoms with Crippen LogP contribution in [0.5, 0.6) is 0 Å². The van der Waals surface area contributed by atoms with Gasteiger partial charge in [0.05, 0.1) is 6.54 Å². The van der Waals surface area contributed by atoms with Gasteiger partial charge in [-0.3, -0.25) is 4.99 Å². The smallest absolute Gasteiger partial charge is 0.0808 e. The Morgan fingerprint density at radius 2 is 2.56 bits per heavy atom. The predicted molar refractivity (Wildman–Crippen MR) is 37.0 cm³/mol. The summed E-state index contributed by atoms with van der Waals surface area (Å²) in [5.41, 5.74) is 0. The third-order valence-electron chi connectivity index (χ3n) is 1.82. The Hall–Kier alpha value is -0.790. The molecule has 0 aliphatic carbocycles. The third-order valence-corrected chi connectivity index (χ3v) is 1.82. The summed E-state index contributed by atoms with van der Waals surface area (Å²) in [5, 5.41) is 3.26. The van der Waals surface area contributed by atoms with Gasteiger partial charge in [0.15, 0.2) is 0 Å². The predicted octanol–water partition coefficient (Wildman–Crippen LogP) is 0.724. The number of fused-ring (bicyclic) bond motifs is 1. The van der Waals surface area contributed by atoms with Crippen LogP contribution in [0.2, 0.25) is 0 Å². The van der Waals surface area contributed by atoms with Crippen LogP contribution in [0.3, 0.4) is 0 Å². The van der Waals surface area contributed by atoms with Crippen LogP contribution in [-0.4, -0.2) is 12.3 Å². The average Bonchev–Trinajstić information content (AvgIpc) is 2.33. The van der Waals surface area contributed by atoms with E-state index in [0.29, 0.717) is 12.0 Å². The molecule has 0 saturated carbocycles. The molecule has 2 nitrogen and oxygen atoms in total. The lowest BCUT2D eigenvalue weighted by atomic mass is 9.98. The van der Waals surface area contributed by atoms with Gasteiger partial charge in [-0.15, -0.1) is 0 Å². The Bertz CT molecular complexity index is 160. The van der Waals surface area contributed by atoms with Crippen LogP contribution in [0.15, 0.2) is 17.3 Å².